The molecule has 0 bridgehead atoms. The van der Waals surface area contributed by atoms with Gasteiger partial charge in [-0.15, -0.1) is 0 Å². The molecule has 1 fully saturated rings. The van der Waals surface area contributed by atoms with E-state index < -0.39 is 15.9 Å². The third-order valence-electron chi connectivity index (χ3n) is 3.86. The summed E-state index contributed by atoms with van der Waals surface area (Å²) in [7, 11) is -3.68. The predicted molar refractivity (Wildman–Crippen MR) is 96.6 cm³/mol. The molecule has 1 amide bonds. The van der Waals surface area contributed by atoms with Gasteiger partial charge in [-0.3, -0.25) is 4.79 Å². The number of aromatic nitrogens is 1. The van der Waals surface area contributed by atoms with E-state index in [2.05, 4.69) is 10.3 Å². The van der Waals surface area contributed by atoms with Crippen LogP contribution in [0.3, 0.4) is 0 Å². The highest BCUT2D eigenvalue weighted by molar-refractivity contribution is 7.89. The molecule has 25 heavy (non-hydrogen) atoms. The summed E-state index contributed by atoms with van der Waals surface area (Å²) in [5, 5.41) is 3.05. The fourth-order valence-electron chi connectivity index (χ4n) is 2.56. The van der Waals surface area contributed by atoms with Crippen LogP contribution in [0.1, 0.15) is 23.2 Å². The summed E-state index contributed by atoms with van der Waals surface area (Å²) in [6, 6.07) is 7.41. The Kier molecular flexibility index (Phi) is 5.29. The lowest BCUT2D eigenvalue weighted by atomic mass is 10.2. The molecule has 2 aromatic rings. The van der Waals surface area contributed by atoms with E-state index in [0.717, 1.165) is 12.8 Å². The molecule has 1 aliphatic rings. The molecular formula is C16H15Cl2N3O3S. The van der Waals surface area contributed by atoms with E-state index in [1.54, 1.807) is 6.07 Å². The number of hydrogen-bond donors (Lipinski definition) is 1. The summed E-state index contributed by atoms with van der Waals surface area (Å²) in [6.07, 6.45) is 3.00. The van der Waals surface area contributed by atoms with Crippen molar-refractivity contribution in [3.05, 3.63) is 52.3 Å². The average molecular weight is 400 g/mol. The van der Waals surface area contributed by atoms with Crippen molar-refractivity contribution in [3.8, 4) is 0 Å². The van der Waals surface area contributed by atoms with Crippen molar-refractivity contribution >= 4 is 44.8 Å². The number of anilines is 1. The lowest BCUT2D eigenvalue weighted by molar-refractivity contribution is 0.102. The van der Waals surface area contributed by atoms with Crippen LogP contribution in [-0.4, -0.2) is 36.7 Å². The average Bonchev–Trinajstić information content (AvgIpc) is 3.12. The molecule has 1 N–H and O–H groups in total. The number of benzene rings is 1. The minimum Gasteiger partial charge on any atom is -0.322 e. The molecule has 0 radical (unpaired) electrons. The molecule has 0 saturated carbocycles. The summed E-state index contributed by atoms with van der Waals surface area (Å²) in [6.45, 7) is 0.956. The predicted octanol–water partition coefficient (Wildman–Crippen LogP) is 3.43. The largest absolute Gasteiger partial charge is 0.322 e. The summed E-state index contributed by atoms with van der Waals surface area (Å²) in [5.74, 6) is -0.420. The third kappa shape index (κ3) is 3.95. The van der Waals surface area contributed by atoms with Crippen molar-refractivity contribution in [1.29, 1.82) is 0 Å². The van der Waals surface area contributed by atoms with Crippen LogP contribution < -0.4 is 5.32 Å². The third-order valence-corrected chi connectivity index (χ3v) is 6.47. The van der Waals surface area contributed by atoms with E-state index in [4.69, 9.17) is 23.2 Å². The van der Waals surface area contributed by atoms with Gasteiger partial charge < -0.3 is 5.32 Å². The van der Waals surface area contributed by atoms with Crippen molar-refractivity contribution in [2.45, 2.75) is 17.7 Å². The molecule has 2 heterocycles. The minimum absolute atomic E-state index is 0.0110. The molecule has 0 unspecified atom stereocenters. The normalized spacial score (nSPS) is 15.3. The first kappa shape index (κ1) is 18.1. The van der Waals surface area contributed by atoms with E-state index in [9.17, 15) is 13.2 Å². The highest BCUT2D eigenvalue weighted by Crippen LogP contribution is 2.29. The summed E-state index contributed by atoms with van der Waals surface area (Å²) in [5.41, 5.74) is 0.644. The fourth-order valence-corrected chi connectivity index (χ4v) is 4.69. The Hall–Kier alpha value is -1.67. The number of carbonyl (C=O) groups excluding carboxylic acids is 1. The molecule has 0 atom stereocenters. The molecule has 6 nitrogen and oxygen atoms in total. The van der Waals surface area contributed by atoms with Crippen LogP contribution in [0.15, 0.2) is 41.4 Å². The second-order valence-corrected chi connectivity index (χ2v) is 8.28. The van der Waals surface area contributed by atoms with Crippen LogP contribution in [-0.2, 0) is 10.0 Å². The molecular weight excluding hydrogens is 385 g/mol. The Bertz CT molecular complexity index is 895. The molecule has 1 saturated heterocycles. The first-order chi connectivity index (χ1) is 11.9. The van der Waals surface area contributed by atoms with E-state index in [1.165, 1.54) is 34.8 Å². The van der Waals surface area contributed by atoms with Gasteiger partial charge in [-0.2, -0.15) is 4.31 Å². The highest BCUT2D eigenvalue weighted by atomic mass is 35.5. The number of pyridine rings is 1. The number of sulfonamides is 1. The van der Waals surface area contributed by atoms with Gasteiger partial charge in [0.25, 0.3) is 5.91 Å². The lowest BCUT2D eigenvalue weighted by Crippen LogP contribution is -2.28. The standard InChI is InChI=1S/C16H15Cl2N3O3S/c17-13-5-4-12(20-16(22)11-3-6-15(18)19-10-11)9-14(13)25(23,24)21-7-1-2-8-21/h3-6,9-10H,1-2,7-8H2,(H,20,22). The van der Waals surface area contributed by atoms with Gasteiger partial charge in [0.1, 0.15) is 10.0 Å². The Morgan fingerprint density at radius 2 is 1.84 bits per heavy atom. The summed E-state index contributed by atoms with van der Waals surface area (Å²) >= 11 is 11.8. The first-order valence-corrected chi connectivity index (χ1v) is 9.80. The van der Waals surface area contributed by atoms with Crippen LogP contribution in [0, 0.1) is 0 Å². The monoisotopic (exact) mass is 399 g/mol. The van der Waals surface area contributed by atoms with Crippen molar-refractivity contribution in [1.82, 2.24) is 9.29 Å². The van der Waals surface area contributed by atoms with Gasteiger partial charge in [0, 0.05) is 25.0 Å². The van der Waals surface area contributed by atoms with Crippen molar-refractivity contribution in [3.63, 3.8) is 0 Å². The number of nitrogens with zero attached hydrogens (tertiary/aromatic N) is 2. The zero-order chi connectivity index (χ0) is 18.0. The van der Waals surface area contributed by atoms with Gasteiger partial charge >= 0.3 is 0 Å². The topological polar surface area (TPSA) is 79.4 Å². The Morgan fingerprint density at radius 1 is 1.12 bits per heavy atom. The number of hydrogen-bond acceptors (Lipinski definition) is 4. The molecule has 0 aliphatic carbocycles. The van der Waals surface area contributed by atoms with E-state index in [-0.39, 0.29) is 15.1 Å². The van der Waals surface area contributed by atoms with E-state index in [0.29, 0.717) is 24.3 Å². The minimum atomic E-state index is -3.68. The van der Waals surface area contributed by atoms with Crippen LogP contribution in [0.25, 0.3) is 0 Å². The number of carbonyl (C=O) groups is 1. The van der Waals surface area contributed by atoms with Crippen LogP contribution in [0.4, 0.5) is 5.69 Å². The zero-order valence-electron chi connectivity index (χ0n) is 13.1. The molecule has 1 aromatic heterocycles. The molecule has 3 rings (SSSR count). The lowest BCUT2D eigenvalue weighted by Gasteiger charge is -2.17. The number of nitrogens with one attached hydrogen (secondary N) is 1. The van der Waals surface area contributed by atoms with Crippen molar-refractivity contribution in [2.75, 3.05) is 18.4 Å². The molecule has 132 valence electrons. The molecule has 1 aliphatic heterocycles. The fraction of sp³-hybridized carbons (Fsp3) is 0.250. The maximum atomic E-state index is 12.7. The van der Waals surface area contributed by atoms with Gasteiger partial charge in [-0.05, 0) is 43.2 Å². The molecule has 0 spiro atoms. The van der Waals surface area contributed by atoms with Gasteiger partial charge in [-0.1, -0.05) is 23.2 Å². The molecule has 1 aromatic carbocycles. The van der Waals surface area contributed by atoms with Gasteiger partial charge in [0.15, 0.2) is 0 Å². The van der Waals surface area contributed by atoms with Crippen molar-refractivity contribution in [2.24, 2.45) is 0 Å². The van der Waals surface area contributed by atoms with Gasteiger partial charge in [-0.25, -0.2) is 13.4 Å². The second-order valence-electron chi connectivity index (χ2n) is 5.58. The van der Waals surface area contributed by atoms with E-state index >= 15 is 0 Å². The van der Waals surface area contributed by atoms with Gasteiger partial charge in [0.2, 0.25) is 10.0 Å². The maximum Gasteiger partial charge on any atom is 0.257 e. The Morgan fingerprint density at radius 3 is 2.48 bits per heavy atom. The Balaban J connectivity index is 1.86. The summed E-state index contributed by atoms with van der Waals surface area (Å²) < 4.78 is 26.8. The SMILES string of the molecule is O=C(Nc1ccc(Cl)c(S(=O)(=O)N2CCCC2)c1)c1ccc(Cl)nc1. The highest BCUT2D eigenvalue weighted by Gasteiger charge is 2.29. The van der Waals surface area contributed by atoms with Crippen LogP contribution in [0.5, 0.6) is 0 Å². The number of amides is 1. The van der Waals surface area contributed by atoms with Crippen LogP contribution >= 0.6 is 23.2 Å². The maximum absolute atomic E-state index is 12.7. The van der Waals surface area contributed by atoms with Crippen molar-refractivity contribution < 1.29 is 13.2 Å². The number of halogens is 2. The Labute approximate surface area is 155 Å². The first-order valence-electron chi connectivity index (χ1n) is 7.60. The number of rotatable bonds is 4. The zero-order valence-corrected chi connectivity index (χ0v) is 15.4. The van der Waals surface area contributed by atoms with Gasteiger partial charge in [0.05, 0.1) is 10.6 Å². The smallest absolute Gasteiger partial charge is 0.257 e. The second kappa shape index (κ2) is 7.29. The summed E-state index contributed by atoms with van der Waals surface area (Å²) in [4.78, 5) is 16.1. The van der Waals surface area contributed by atoms with Crippen LogP contribution in [0.2, 0.25) is 10.2 Å². The van der Waals surface area contributed by atoms with E-state index in [1.807, 2.05) is 0 Å². The molecule has 9 heteroatoms. The quantitative estimate of drug-likeness (QED) is 0.798.